The average molecular weight is 523 g/mol. The summed E-state index contributed by atoms with van der Waals surface area (Å²) in [5.74, 6) is -4.94. The lowest BCUT2D eigenvalue weighted by Crippen LogP contribution is -2.45. The highest BCUT2D eigenvalue weighted by Crippen LogP contribution is 2.28. The molecule has 0 spiro atoms. The zero-order valence-corrected chi connectivity index (χ0v) is 19.9. The Labute approximate surface area is 205 Å². The van der Waals surface area contributed by atoms with Crippen molar-refractivity contribution in [1.82, 2.24) is 19.6 Å². The minimum atomic E-state index is -4.02. The first-order chi connectivity index (χ1) is 16.9. The number of hydrogen-bond acceptors (Lipinski definition) is 5. The van der Waals surface area contributed by atoms with Crippen molar-refractivity contribution in [1.29, 1.82) is 0 Å². The molecule has 0 radical (unpaired) electrons. The van der Waals surface area contributed by atoms with Gasteiger partial charge in [0.2, 0.25) is 15.9 Å². The first-order valence-corrected chi connectivity index (χ1v) is 12.4. The molecule has 36 heavy (non-hydrogen) atoms. The van der Waals surface area contributed by atoms with Gasteiger partial charge in [0.1, 0.15) is 23.4 Å². The Morgan fingerprint density at radius 2 is 1.81 bits per heavy atom. The van der Waals surface area contributed by atoms with Crippen molar-refractivity contribution in [3.05, 3.63) is 77.8 Å². The van der Waals surface area contributed by atoms with Gasteiger partial charge in [0, 0.05) is 25.6 Å². The first-order valence-electron chi connectivity index (χ1n) is 11.0. The van der Waals surface area contributed by atoms with Gasteiger partial charge >= 0.3 is 0 Å². The van der Waals surface area contributed by atoms with Crippen LogP contribution in [0.25, 0.3) is 11.3 Å². The maximum absolute atomic E-state index is 14.2. The predicted octanol–water partition coefficient (Wildman–Crippen LogP) is 4.00. The van der Waals surface area contributed by atoms with E-state index in [9.17, 15) is 30.8 Å². The average Bonchev–Trinajstić information content (AvgIpc) is 3.33. The molecule has 1 fully saturated rings. The summed E-state index contributed by atoms with van der Waals surface area (Å²) >= 11 is 0. The van der Waals surface area contributed by atoms with E-state index in [2.05, 4.69) is 15.3 Å². The van der Waals surface area contributed by atoms with Crippen LogP contribution in [-0.4, -0.2) is 41.2 Å². The summed E-state index contributed by atoms with van der Waals surface area (Å²) in [5, 5.41) is 2.63. The molecule has 3 aromatic rings. The van der Waals surface area contributed by atoms with Crippen LogP contribution in [-0.2, 0) is 27.3 Å². The van der Waals surface area contributed by atoms with Gasteiger partial charge in [0.05, 0.1) is 23.0 Å². The molecule has 1 aliphatic heterocycles. The zero-order valence-electron chi connectivity index (χ0n) is 19.1. The zero-order chi connectivity index (χ0) is 26.1. The van der Waals surface area contributed by atoms with Crippen LogP contribution in [0.3, 0.4) is 0 Å². The summed E-state index contributed by atoms with van der Waals surface area (Å²) in [7, 11) is -4.02. The molecular weight excluding hydrogens is 500 g/mol. The third-order valence-corrected chi connectivity index (χ3v) is 7.67. The van der Waals surface area contributed by atoms with Gasteiger partial charge in [0.25, 0.3) is 5.92 Å². The number of alkyl halides is 2. The molecule has 2 aromatic carbocycles. The molecule has 0 saturated carbocycles. The number of carbonyl (C=O) groups is 1. The first kappa shape index (κ1) is 25.7. The van der Waals surface area contributed by atoms with Crippen LogP contribution in [0.15, 0.2) is 59.8 Å². The van der Waals surface area contributed by atoms with Crippen molar-refractivity contribution in [2.24, 2.45) is 0 Å². The largest absolute Gasteiger partial charge is 0.351 e. The van der Waals surface area contributed by atoms with Crippen molar-refractivity contribution in [2.45, 2.75) is 43.2 Å². The van der Waals surface area contributed by atoms with E-state index in [4.69, 9.17) is 0 Å². The number of rotatable bonds is 7. The van der Waals surface area contributed by atoms with Gasteiger partial charge in [-0.05, 0) is 60.9 Å². The van der Waals surface area contributed by atoms with Crippen molar-refractivity contribution in [3.63, 3.8) is 0 Å². The molecule has 0 bridgehead atoms. The van der Waals surface area contributed by atoms with Crippen LogP contribution >= 0.6 is 0 Å². The fourth-order valence-corrected chi connectivity index (χ4v) is 5.60. The van der Waals surface area contributed by atoms with E-state index in [1.807, 2.05) is 0 Å². The highest BCUT2D eigenvalue weighted by molar-refractivity contribution is 7.89. The van der Waals surface area contributed by atoms with Crippen LogP contribution in [0.1, 0.15) is 31.0 Å². The van der Waals surface area contributed by atoms with Gasteiger partial charge in [-0.3, -0.25) is 14.8 Å². The summed E-state index contributed by atoms with van der Waals surface area (Å²) in [6, 6.07) is 7.25. The van der Waals surface area contributed by atoms with Crippen LogP contribution in [0.2, 0.25) is 0 Å². The van der Waals surface area contributed by atoms with E-state index >= 15 is 0 Å². The Hall–Kier alpha value is -3.38. The van der Waals surface area contributed by atoms with Gasteiger partial charge in [-0.1, -0.05) is 0 Å². The number of hydrogen-bond donors (Lipinski definition) is 1. The summed E-state index contributed by atoms with van der Waals surface area (Å²) in [6.07, 6.45) is 2.79. The Kier molecular flexibility index (Phi) is 7.10. The number of nitrogens with one attached hydrogen (secondary N) is 1. The monoisotopic (exact) mass is 522 g/mol. The molecule has 1 saturated heterocycles. The smallest absolute Gasteiger partial charge is 0.288 e. The highest BCUT2D eigenvalue weighted by atomic mass is 32.2. The number of nitrogens with zero attached hydrogens (tertiary/aromatic N) is 3. The molecule has 1 amide bonds. The van der Waals surface area contributed by atoms with Gasteiger partial charge < -0.3 is 5.32 Å². The topological polar surface area (TPSA) is 92.3 Å². The summed E-state index contributed by atoms with van der Waals surface area (Å²) in [6.45, 7) is 0.715. The SMILES string of the molecule is CC(F)(F)c1cnc(-c2cc(F)cc(CNC(=O)[C@@H]3CCCN3S(=O)(=O)c3ccc(F)cc3)c2)cn1. The second-order valence-electron chi connectivity index (χ2n) is 8.47. The molecule has 1 N–H and O–H groups in total. The number of benzene rings is 2. The van der Waals surface area contributed by atoms with Crippen LogP contribution in [0.5, 0.6) is 0 Å². The normalized spacial score (nSPS) is 16.8. The van der Waals surface area contributed by atoms with Gasteiger partial charge in [-0.15, -0.1) is 0 Å². The Morgan fingerprint density at radius 3 is 2.44 bits per heavy atom. The minimum Gasteiger partial charge on any atom is -0.351 e. The highest BCUT2D eigenvalue weighted by Gasteiger charge is 2.39. The van der Waals surface area contributed by atoms with Gasteiger partial charge in [-0.2, -0.15) is 13.1 Å². The third kappa shape index (κ3) is 5.54. The van der Waals surface area contributed by atoms with Crippen LogP contribution in [0.4, 0.5) is 17.6 Å². The van der Waals surface area contributed by atoms with E-state index in [1.165, 1.54) is 12.1 Å². The van der Waals surface area contributed by atoms with E-state index in [0.29, 0.717) is 25.3 Å². The maximum atomic E-state index is 14.2. The van der Waals surface area contributed by atoms with Crippen LogP contribution < -0.4 is 5.32 Å². The molecule has 190 valence electrons. The predicted molar refractivity (Wildman–Crippen MR) is 122 cm³/mol. The van der Waals surface area contributed by atoms with Crippen molar-refractivity contribution in [3.8, 4) is 11.3 Å². The lowest BCUT2D eigenvalue weighted by Gasteiger charge is -2.23. The fraction of sp³-hybridized carbons (Fsp3) is 0.292. The lowest BCUT2D eigenvalue weighted by atomic mass is 10.1. The van der Waals surface area contributed by atoms with Crippen molar-refractivity contribution >= 4 is 15.9 Å². The maximum Gasteiger partial charge on any atom is 0.288 e. The second-order valence-corrected chi connectivity index (χ2v) is 10.4. The van der Waals surface area contributed by atoms with E-state index in [-0.39, 0.29) is 29.2 Å². The number of sulfonamides is 1. The lowest BCUT2D eigenvalue weighted by molar-refractivity contribution is -0.124. The van der Waals surface area contributed by atoms with E-state index in [1.54, 1.807) is 0 Å². The number of carbonyl (C=O) groups excluding carboxylic acids is 1. The molecule has 1 aromatic heterocycles. The van der Waals surface area contributed by atoms with E-state index < -0.39 is 45.2 Å². The third-order valence-electron chi connectivity index (χ3n) is 5.75. The summed E-state index contributed by atoms with van der Waals surface area (Å²) in [5.41, 5.74) is 0.282. The molecule has 0 unspecified atom stereocenters. The van der Waals surface area contributed by atoms with Gasteiger partial charge in [-0.25, -0.2) is 17.2 Å². The standard InChI is InChI=1S/C24H22F4N4O3S/c1-24(27,28)22-14-29-20(13-30-22)16-9-15(10-18(26)11-16)12-31-23(33)21-3-2-8-32(21)36(34,35)19-6-4-17(25)5-7-19/h4-7,9-11,13-14,21H,2-3,8,12H2,1H3,(H,31,33)/t21-/m0/s1. The summed E-state index contributed by atoms with van der Waals surface area (Å²) in [4.78, 5) is 20.4. The number of halogens is 4. The van der Waals surface area contributed by atoms with Crippen molar-refractivity contribution < 1.29 is 30.8 Å². The molecule has 4 rings (SSSR count). The quantitative estimate of drug-likeness (QED) is 0.474. The van der Waals surface area contributed by atoms with E-state index in [0.717, 1.165) is 47.0 Å². The van der Waals surface area contributed by atoms with Crippen LogP contribution in [0, 0.1) is 11.6 Å². The fourth-order valence-electron chi connectivity index (χ4n) is 3.94. The molecule has 0 aliphatic carbocycles. The number of amides is 1. The Morgan fingerprint density at radius 1 is 1.08 bits per heavy atom. The Bertz CT molecular complexity index is 1360. The molecular formula is C24H22F4N4O3S. The van der Waals surface area contributed by atoms with Crippen molar-refractivity contribution in [2.75, 3.05) is 6.54 Å². The number of aromatic nitrogens is 2. The molecule has 7 nitrogen and oxygen atoms in total. The molecule has 12 heteroatoms. The summed E-state index contributed by atoms with van der Waals surface area (Å²) < 4.78 is 81.2. The molecule has 2 heterocycles. The second kappa shape index (κ2) is 9.94. The Balaban J connectivity index is 1.48. The molecule has 1 atom stereocenters. The molecule has 1 aliphatic rings. The van der Waals surface area contributed by atoms with Gasteiger partial charge in [0.15, 0.2) is 0 Å². The minimum absolute atomic E-state index is 0.108.